The molecule has 0 unspecified atom stereocenters. The van der Waals surface area contributed by atoms with Crippen molar-refractivity contribution in [2.45, 2.75) is 134 Å². The Morgan fingerprint density at radius 3 is 1.77 bits per heavy atom. The molecule has 0 aromatic rings. The van der Waals surface area contributed by atoms with Crippen molar-refractivity contribution in [2.24, 2.45) is 0 Å². The summed E-state index contributed by atoms with van der Waals surface area (Å²) < 4.78 is 10.6. The number of hydrogen-bond donors (Lipinski definition) is 3. The van der Waals surface area contributed by atoms with E-state index in [2.05, 4.69) is 6.92 Å². The molecule has 1 heterocycles. The zero-order valence-electron chi connectivity index (χ0n) is 19.1. The molecule has 0 saturated carbocycles. The fourth-order valence-electron chi connectivity index (χ4n) is 3.95. The van der Waals surface area contributed by atoms with E-state index < -0.39 is 24.4 Å². The van der Waals surface area contributed by atoms with Gasteiger partial charge >= 0.3 is 0 Å². The molecule has 1 aliphatic rings. The van der Waals surface area contributed by atoms with Crippen LogP contribution < -0.4 is 0 Å². The van der Waals surface area contributed by atoms with Crippen molar-refractivity contribution in [1.29, 1.82) is 0 Å². The predicted octanol–water partition coefficient (Wildman–Crippen LogP) is 5.07. The van der Waals surface area contributed by atoms with Crippen LogP contribution in [0, 0.1) is 0 Å². The molecule has 3 N–H and O–H groups in total. The molecule has 0 spiro atoms. The van der Waals surface area contributed by atoms with Gasteiger partial charge in [-0.25, -0.2) is 0 Å². The lowest BCUT2D eigenvalue weighted by Gasteiger charge is -2.21. The zero-order valence-corrected chi connectivity index (χ0v) is 19.9. The molecule has 0 radical (unpaired) electrons. The lowest BCUT2D eigenvalue weighted by atomic mass is 10.0. The van der Waals surface area contributed by atoms with Gasteiger partial charge in [-0.2, -0.15) is 0 Å². The van der Waals surface area contributed by atoms with Crippen LogP contribution in [0.1, 0.15) is 110 Å². The molecular weight excluding hydrogens is 400 g/mol. The molecule has 0 amide bonds. The fraction of sp³-hybridized carbons (Fsp3) is 0.958. The van der Waals surface area contributed by atoms with Gasteiger partial charge in [-0.15, -0.1) is 0 Å². The van der Waals surface area contributed by atoms with E-state index in [1.807, 2.05) is 0 Å². The van der Waals surface area contributed by atoms with Crippen LogP contribution in [0.25, 0.3) is 0 Å². The molecule has 4 atom stereocenters. The SMILES string of the molecule is CCCCCCCCCCCCCCCCCC(=S)OC[C@@H](O)[C@@H]1OC[C@H](O)[C@@H]1O. The maximum Gasteiger partial charge on any atom is 0.159 e. The zero-order chi connectivity index (χ0) is 22.0. The third-order valence-corrected chi connectivity index (χ3v) is 6.29. The third kappa shape index (κ3) is 13.2. The summed E-state index contributed by atoms with van der Waals surface area (Å²) in [4.78, 5) is 0. The minimum atomic E-state index is -1.08. The Hall–Kier alpha value is -0.270. The minimum Gasteiger partial charge on any atom is -0.484 e. The number of aliphatic hydroxyl groups excluding tert-OH is 3. The molecule has 0 bridgehead atoms. The van der Waals surface area contributed by atoms with Gasteiger partial charge in [0, 0.05) is 6.42 Å². The highest BCUT2D eigenvalue weighted by molar-refractivity contribution is 7.80. The van der Waals surface area contributed by atoms with Gasteiger partial charge in [-0.05, 0) is 18.6 Å². The molecule has 0 aliphatic carbocycles. The molecule has 1 saturated heterocycles. The maximum atomic E-state index is 10.0. The Morgan fingerprint density at radius 2 is 1.33 bits per heavy atom. The van der Waals surface area contributed by atoms with Crippen molar-refractivity contribution < 1.29 is 24.8 Å². The molecule has 178 valence electrons. The molecule has 30 heavy (non-hydrogen) atoms. The second-order valence-corrected chi connectivity index (χ2v) is 9.26. The lowest BCUT2D eigenvalue weighted by Crippen LogP contribution is -2.41. The van der Waals surface area contributed by atoms with Gasteiger partial charge in [0.1, 0.15) is 31.0 Å². The molecule has 0 aromatic carbocycles. The van der Waals surface area contributed by atoms with Crippen molar-refractivity contribution in [1.82, 2.24) is 0 Å². The van der Waals surface area contributed by atoms with E-state index in [0.717, 1.165) is 19.3 Å². The number of rotatable bonds is 19. The summed E-state index contributed by atoms with van der Waals surface area (Å²) in [5.41, 5.74) is 0. The normalized spacial score (nSPS) is 22.3. The first-order valence-electron chi connectivity index (χ1n) is 12.4. The van der Waals surface area contributed by atoms with E-state index in [1.54, 1.807) is 0 Å². The van der Waals surface area contributed by atoms with Crippen molar-refractivity contribution in [3.8, 4) is 0 Å². The maximum absolute atomic E-state index is 10.0. The average Bonchev–Trinajstić information content (AvgIpc) is 3.07. The summed E-state index contributed by atoms with van der Waals surface area (Å²) in [6, 6.07) is 0. The standard InChI is InChI=1S/C24H46O5S/c1-2-3-4-5-6-7-8-9-10-11-12-13-14-15-16-17-22(30)28-19-21(26)24-23(27)20(25)18-29-24/h20-21,23-27H,2-19H2,1H3/t20-,21+,23-,24-/m0/s1. The van der Waals surface area contributed by atoms with E-state index >= 15 is 0 Å². The van der Waals surface area contributed by atoms with E-state index in [0.29, 0.717) is 5.05 Å². The van der Waals surface area contributed by atoms with Crippen LogP contribution in [0.5, 0.6) is 0 Å². The topological polar surface area (TPSA) is 79.2 Å². The largest absolute Gasteiger partial charge is 0.484 e. The van der Waals surface area contributed by atoms with Crippen molar-refractivity contribution >= 4 is 17.3 Å². The quantitative estimate of drug-likeness (QED) is 0.190. The highest BCUT2D eigenvalue weighted by Crippen LogP contribution is 2.18. The first kappa shape index (κ1) is 27.8. The Morgan fingerprint density at radius 1 is 0.867 bits per heavy atom. The minimum absolute atomic E-state index is 0.00792. The summed E-state index contributed by atoms with van der Waals surface area (Å²) in [6.07, 6.45) is 16.9. The first-order valence-corrected chi connectivity index (χ1v) is 12.8. The number of thiocarbonyl (C=S) groups is 1. The Balaban J connectivity index is 1.83. The fourth-order valence-corrected chi connectivity index (χ4v) is 4.16. The van der Waals surface area contributed by atoms with Gasteiger partial charge in [0.05, 0.1) is 6.61 Å². The van der Waals surface area contributed by atoms with Gasteiger partial charge in [0.2, 0.25) is 0 Å². The van der Waals surface area contributed by atoms with Crippen LogP contribution in [-0.2, 0) is 9.47 Å². The number of ether oxygens (including phenoxy) is 2. The van der Waals surface area contributed by atoms with E-state index in [9.17, 15) is 15.3 Å². The van der Waals surface area contributed by atoms with Crippen LogP contribution in [0.3, 0.4) is 0 Å². The third-order valence-electron chi connectivity index (χ3n) is 5.97. The van der Waals surface area contributed by atoms with Crippen molar-refractivity contribution in [2.75, 3.05) is 13.2 Å². The van der Waals surface area contributed by atoms with Gasteiger partial charge in [0.15, 0.2) is 5.05 Å². The van der Waals surface area contributed by atoms with Crippen LogP contribution in [0.2, 0.25) is 0 Å². The highest BCUT2D eigenvalue weighted by Gasteiger charge is 2.39. The van der Waals surface area contributed by atoms with Crippen LogP contribution in [0.4, 0.5) is 0 Å². The lowest BCUT2D eigenvalue weighted by molar-refractivity contribution is -0.0663. The van der Waals surface area contributed by atoms with Crippen LogP contribution in [0.15, 0.2) is 0 Å². The molecular formula is C24H46O5S. The monoisotopic (exact) mass is 446 g/mol. The first-order chi connectivity index (χ1) is 14.6. The average molecular weight is 447 g/mol. The van der Waals surface area contributed by atoms with E-state index in [1.165, 1.54) is 83.5 Å². The highest BCUT2D eigenvalue weighted by atomic mass is 32.1. The molecule has 5 nitrogen and oxygen atoms in total. The molecule has 1 fully saturated rings. The summed E-state index contributed by atoms with van der Waals surface area (Å²) >= 11 is 5.21. The second-order valence-electron chi connectivity index (χ2n) is 8.81. The van der Waals surface area contributed by atoms with Gasteiger partial charge in [0.25, 0.3) is 0 Å². The van der Waals surface area contributed by atoms with Gasteiger partial charge in [-0.1, -0.05) is 96.8 Å². The molecule has 1 aliphatic heterocycles. The van der Waals surface area contributed by atoms with Gasteiger partial charge < -0.3 is 24.8 Å². The predicted molar refractivity (Wildman–Crippen MR) is 126 cm³/mol. The summed E-state index contributed by atoms with van der Waals surface area (Å²) in [5.74, 6) is 0. The Labute approximate surface area is 189 Å². The number of unbranched alkanes of at least 4 members (excludes halogenated alkanes) is 14. The molecule has 6 heteroatoms. The Kier molecular flexibility index (Phi) is 17.0. The number of aliphatic hydroxyl groups is 3. The van der Waals surface area contributed by atoms with Crippen LogP contribution >= 0.6 is 12.2 Å². The summed E-state index contributed by atoms with van der Waals surface area (Å²) in [6.45, 7) is 2.30. The Bertz CT molecular complexity index is 420. The summed E-state index contributed by atoms with van der Waals surface area (Å²) in [7, 11) is 0. The van der Waals surface area contributed by atoms with Gasteiger partial charge in [-0.3, -0.25) is 0 Å². The summed E-state index contributed by atoms with van der Waals surface area (Å²) in [5, 5.41) is 29.7. The van der Waals surface area contributed by atoms with Crippen molar-refractivity contribution in [3.05, 3.63) is 0 Å². The molecule has 1 rings (SSSR count). The number of hydrogen-bond acceptors (Lipinski definition) is 6. The van der Waals surface area contributed by atoms with E-state index in [-0.39, 0.29) is 13.2 Å². The second kappa shape index (κ2) is 18.3. The van der Waals surface area contributed by atoms with Crippen molar-refractivity contribution in [3.63, 3.8) is 0 Å². The smallest absolute Gasteiger partial charge is 0.159 e. The van der Waals surface area contributed by atoms with E-state index in [4.69, 9.17) is 21.7 Å². The van der Waals surface area contributed by atoms with Crippen LogP contribution in [-0.4, -0.2) is 58.0 Å². The molecule has 0 aromatic heterocycles.